The molecule has 4 heteroatoms. The van der Waals surface area contributed by atoms with Crippen molar-refractivity contribution >= 4 is 26.5 Å². The number of hydrogen-bond donors (Lipinski definition) is 1. The molecular formula is C19H17NO2S. The summed E-state index contributed by atoms with van der Waals surface area (Å²) in [6, 6.07) is 19.3. The van der Waals surface area contributed by atoms with E-state index in [1.165, 1.54) is 16.5 Å². The van der Waals surface area contributed by atoms with E-state index in [0.29, 0.717) is 5.69 Å². The SMILES string of the molecule is O=S(=O)(Cc1ccccc1)Nc1ccc2c3c(cccc13)CC2. The summed E-state index contributed by atoms with van der Waals surface area (Å²) in [7, 11) is -3.43. The average Bonchev–Trinajstić information content (AvgIpc) is 2.95. The van der Waals surface area contributed by atoms with Gasteiger partial charge in [0.25, 0.3) is 0 Å². The van der Waals surface area contributed by atoms with Crippen molar-refractivity contribution in [2.24, 2.45) is 0 Å². The Morgan fingerprint density at radius 2 is 1.57 bits per heavy atom. The van der Waals surface area contributed by atoms with Crippen molar-refractivity contribution in [1.82, 2.24) is 0 Å². The summed E-state index contributed by atoms with van der Waals surface area (Å²) in [5.74, 6) is -0.0171. The molecule has 4 rings (SSSR count). The van der Waals surface area contributed by atoms with E-state index in [1.807, 2.05) is 54.6 Å². The quantitative estimate of drug-likeness (QED) is 0.792. The van der Waals surface area contributed by atoms with Gasteiger partial charge in [-0.3, -0.25) is 4.72 Å². The number of anilines is 1. The Hall–Kier alpha value is -2.33. The molecule has 23 heavy (non-hydrogen) atoms. The third-order valence-corrected chi connectivity index (χ3v) is 5.59. The van der Waals surface area contributed by atoms with Crippen molar-refractivity contribution in [3.63, 3.8) is 0 Å². The summed E-state index contributed by atoms with van der Waals surface area (Å²) in [5, 5.41) is 2.21. The Balaban J connectivity index is 1.71. The number of benzene rings is 3. The van der Waals surface area contributed by atoms with Crippen molar-refractivity contribution < 1.29 is 8.42 Å². The van der Waals surface area contributed by atoms with Crippen molar-refractivity contribution in [2.75, 3.05) is 4.72 Å². The minimum Gasteiger partial charge on any atom is -0.283 e. The molecule has 0 atom stereocenters. The van der Waals surface area contributed by atoms with Crippen LogP contribution in [0.5, 0.6) is 0 Å². The second-order valence-corrected chi connectivity index (χ2v) is 7.68. The molecule has 116 valence electrons. The number of nitrogens with one attached hydrogen (secondary N) is 1. The second kappa shape index (κ2) is 5.39. The Morgan fingerprint density at radius 1 is 0.826 bits per heavy atom. The minimum atomic E-state index is -3.43. The monoisotopic (exact) mass is 323 g/mol. The van der Waals surface area contributed by atoms with Gasteiger partial charge in [-0.05, 0) is 41.0 Å². The van der Waals surface area contributed by atoms with Crippen LogP contribution in [-0.4, -0.2) is 8.42 Å². The van der Waals surface area contributed by atoms with Crippen LogP contribution >= 0.6 is 0 Å². The first kappa shape index (κ1) is 14.3. The van der Waals surface area contributed by atoms with Gasteiger partial charge in [0.15, 0.2) is 0 Å². The van der Waals surface area contributed by atoms with E-state index in [1.54, 1.807) is 0 Å². The van der Waals surface area contributed by atoms with Crippen molar-refractivity contribution in [2.45, 2.75) is 18.6 Å². The summed E-state index contributed by atoms with van der Waals surface area (Å²) in [6.45, 7) is 0. The Morgan fingerprint density at radius 3 is 2.35 bits per heavy atom. The largest absolute Gasteiger partial charge is 0.283 e. The van der Waals surface area contributed by atoms with E-state index in [9.17, 15) is 8.42 Å². The minimum absolute atomic E-state index is 0.0171. The highest BCUT2D eigenvalue weighted by Crippen LogP contribution is 2.35. The fourth-order valence-corrected chi connectivity index (χ4v) is 4.55. The summed E-state index contributed by atoms with van der Waals surface area (Å²) >= 11 is 0. The predicted octanol–water partition coefficient (Wildman–Crippen LogP) is 3.88. The molecule has 0 fully saturated rings. The van der Waals surface area contributed by atoms with E-state index < -0.39 is 10.0 Å². The Kier molecular flexibility index (Phi) is 3.34. The second-order valence-electron chi connectivity index (χ2n) is 5.96. The third-order valence-electron chi connectivity index (χ3n) is 4.34. The smallest absolute Gasteiger partial charge is 0.236 e. The van der Waals surface area contributed by atoms with Crippen LogP contribution in [0.3, 0.4) is 0 Å². The molecule has 0 aromatic heterocycles. The number of hydrogen-bond acceptors (Lipinski definition) is 2. The lowest BCUT2D eigenvalue weighted by Crippen LogP contribution is -2.15. The van der Waals surface area contributed by atoms with Crippen LogP contribution in [0, 0.1) is 0 Å². The topological polar surface area (TPSA) is 46.2 Å². The number of sulfonamides is 1. The third kappa shape index (κ3) is 2.70. The normalized spacial score (nSPS) is 13.4. The molecule has 3 aromatic rings. The van der Waals surface area contributed by atoms with Crippen LogP contribution in [0.4, 0.5) is 5.69 Å². The van der Waals surface area contributed by atoms with E-state index in [4.69, 9.17) is 0 Å². The molecule has 1 aliphatic rings. The van der Waals surface area contributed by atoms with E-state index in [-0.39, 0.29) is 5.75 Å². The van der Waals surface area contributed by atoms with E-state index >= 15 is 0 Å². The predicted molar refractivity (Wildman–Crippen MR) is 94.0 cm³/mol. The number of rotatable bonds is 4. The van der Waals surface area contributed by atoms with Gasteiger partial charge in [0, 0.05) is 5.39 Å². The molecule has 0 saturated heterocycles. The first-order valence-corrected chi connectivity index (χ1v) is 9.35. The van der Waals surface area contributed by atoms with Gasteiger partial charge in [0.1, 0.15) is 0 Å². The highest BCUT2D eigenvalue weighted by molar-refractivity contribution is 7.91. The molecule has 3 nitrogen and oxygen atoms in total. The molecule has 0 amide bonds. The summed E-state index contributed by atoms with van der Waals surface area (Å²) in [4.78, 5) is 0. The van der Waals surface area contributed by atoms with Gasteiger partial charge in [0.05, 0.1) is 11.4 Å². The van der Waals surface area contributed by atoms with Crippen LogP contribution < -0.4 is 4.72 Å². The standard InChI is InChI=1S/C19H17NO2S/c21-23(22,13-14-5-2-1-3-6-14)20-18-12-11-16-10-9-15-7-4-8-17(18)19(15)16/h1-8,11-12,20H,9-10,13H2. The van der Waals surface area contributed by atoms with Gasteiger partial charge in [0.2, 0.25) is 10.0 Å². The molecule has 0 spiro atoms. The maximum atomic E-state index is 12.5. The first-order valence-electron chi connectivity index (χ1n) is 7.70. The van der Waals surface area contributed by atoms with Crippen molar-refractivity contribution in [1.29, 1.82) is 0 Å². The maximum absolute atomic E-state index is 12.5. The van der Waals surface area contributed by atoms with Crippen LogP contribution in [0.25, 0.3) is 10.8 Å². The lowest BCUT2D eigenvalue weighted by Gasteiger charge is -2.12. The molecule has 0 saturated carbocycles. The molecule has 0 bridgehead atoms. The first-order chi connectivity index (χ1) is 11.1. The van der Waals surface area contributed by atoms with Gasteiger partial charge in [-0.1, -0.05) is 54.6 Å². The molecule has 1 N–H and O–H groups in total. The van der Waals surface area contributed by atoms with Crippen LogP contribution in [-0.2, 0) is 28.6 Å². The molecule has 0 heterocycles. The average molecular weight is 323 g/mol. The zero-order valence-corrected chi connectivity index (χ0v) is 13.4. The molecule has 0 unspecified atom stereocenters. The van der Waals surface area contributed by atoms with Crippen LogP contribution in [0.15, 0.2) is 60.7 Å². The lowest BCUT2D eigenvalue weighted by atomic mass is 10.0. The highest BCUT2D eigenvalue weighted by atomic mass is 32.2. The van der Waals surface area contributed by atoms with Gasteiger partial charge in [-0.15, -0.1) is 0 Å². The summed E-state index contributed by atoms with van der Waals surface area (Å²) in [5.41, 5.74) is 4.07. The zero-order chi connectivity index (χ0) is 15.9. The summed E-state index contributed by atoms with van der Waals surface area (Å²) in [6.07, 6.45) is 2.07. The molecule has 1 aliphatic carbocycles. The van der Waals surface area contributed by atoms with Gasteiger partial charge in [-0.2, -0.15) is 0 Å². The molecule has 0 aliphatic heterocycles. The fourth-order valence-electron chi connectivity index (χ4n) is 3.33. The van der Waals surface area contributed by atoms with Crippen molar-refractivity contribution in [3.05, 3.63) is 77.4 Å². The highest BCUT2D eigenvalue weighted by Gasteiger charge is 2.18. The molecule has 0 radical (unpaired) electrons. The molecule has 3 aromatic carbocycles. The van der Waals surface area contributed by atoms with Crippen molar-refractivity contribution in [3.8, 4) is 0 Å². The lowest BCUT2D eigenvalue weighted by molar-refractivity contribution is 0.600. The van der Waals surface area contributed by atoms with Gasteiger partial charge >= 0.3 is 0 Å². The maximum Gasteiger partial charge on any atom is 0.236 e. The van der Waals surface area contributed by atoms with E-state index in [0.717, 1.165) is 23.8 Å². The van der Waals surface area contributed by atoms with Crippen LogP contribution in [0.1, 0.15) is 16.7 Å². The van der Waals surface area contributed by atoms with Gasteiger partial charge in [-0.25, -0.2) is 8.42 Å². The van der Waals surface area contributed by atoms with E-state index in [2.05, 4.69) is 10.8 Å². The number of aryl methyl sites for hydroxylation is 2. The Labute approximate surface area is 136 Å². The summed E-state index contributed by atoms with van der Waals surface area (Å²) < 4.78 is 27.7. The van der Waals surface area contributed by atoms with Gasteiger partial charge < -0.3 is 0 Å². The van der Waals surface area contributed by atoms with Crippen LogP contribution in [0.2, 0.25) is 0 Å². The Bertz CT molecular complexity index is 969. The fraction of sp³-hybridized carbons (Fsp3) is 0.158. The molecular weight excluding hydrogens is 306 g/mol. The zero-order valence-electron chi connectivity index (χ0n) is 12.6.